The topological polar surface area (TPSA) is 80.8 Å². The van der Waals surface area contributed by atoms with Crippen molar-refractivity contribution in [3.05, 3.63) is 98.5 Å². The summed E-state index contributed by atoms with van der Waals surface area (Å²) in [6.07, 6.45) is -1.02. The molecule has 0 N–H and O–H groups in total. The molecule has 3 aliphatic rings. The molecular formula is C26H14Cl3NO5. The standard InChI is InChI=1S/C26H14Cl3NO5/c27-13-7-5-12(6-8-13)21-19-20(25(34)30(24(19)33)14-9-10-17(28)18(29)11-14)26(35-21)22(31)15-3-1-2-4-16(15)23(26)32/h1-11,19-21H/t19-,20-,21-/m0/s1. The Labute approximate surface area is 214 Å². The lowest BCUT2D eigenvalue weighted by molar-refractivity contribution is -0.127. The Hall–Kier alpha value is -3.03. The van der Waals surface area contributed by atoms with Crippen LogP contribution < -0.4 is 4.90 Å². The van der Waals surface area contributed by atoms with Crippen LogP contribution in [0.5, 0.6) is 0 Å². The lowest BCUT2D eigenvalue weighted by Crippen LogP contribution is -2.51. The third-order valence-corrected chi connectivity index (χ3v) is 7.87. The summed E-state index contributed by atoms with van der Waals surface area (Å²) in [4.78, 5) is 56.0. The molecule has 3 atom stereocenters. The number of hydrogen-bond acceptors (Lipinski definition) is 5. The molecule has 2 amide bonds. The highest BCUT2D eigenvalue weighted by Gasteiger charge is 2.74. The van der Waals surface area contributed by atoms with Crippen LogP contribution in [-0.2, 0) is 14.3 Å². The first kappa shape index (κ1) is 22.4. The quantitative estimate of drug-likeness (QED) is 0.333. The van der Waals surface area contributed by atoms with Crippen molar-refractivity contribution in [1.29, 1.82) is 0 Å². The van der Waals surface area contributed by atoms with Crippen LogP contribution in [0.15, 0.2) is 66.7 Å². The van der Waals surface area contributed by atoms with Gasteiger partial charge in [-0.25, -0.2) is 4.90 Å². The Balaban J connectivity index is 1.54. The maximum Gasteiger partial charge on any atom is 0.241 e. The second-order valence-corrected chi connectivity index (χ2v) is 9.89. The SMILES string of the molecule is O=C1[C@H]2[C@@H](C(=O)N1c1ccc(Cl)c(Cl)c1)C1(O[C@H]2c2ccc(Cl)cc2)C(=O)c2ccccc2C1=O. The molecule has 2 saturated heterocycles. The highest BCUT2D eigenvalue weighted by atomic mass is 35.5. The Morgan fingerprint density at radius 3 is 1.97 bits per heavy atom. The van der Waals surface area contributed by atoms with E-state index in [-0.39, 0.29) is 26.9 Å². The number of ketones is 2. The minimum absolute atomic E-state index is 0.155. The molecule has 174 valence electrons. The highest BCUT2D eigenvalue weighted by molar-refractivity contribution is 6.42. The third kappa shape index (κ3) is 2.94. The number of ether oxygens (including phenoxy) is 1. The van der Waals surface area contributed by atoms with Gasteiger partial charge in [0.05, 0.1) is 33.7 Å². The molecule has 6 nitrogen and oxygen atoms in total. The Morgan fingerprint density at radius 2 is 1.37 bits per heavy atom. The predicted molar refractivity (Wildman–Crippen MR) is 129 cm³/mol. The van der Waals surface area contributed by atoms with Gasteiger partial charge in [-0.05, 0) is 35.9 Å². The fourth-order valence-electron chi connectivity index (χ4n) is 5.35. The van der Waals surface area contributed by atoms with Gasteiger partial charge in [0.2, 0.25) is 29.0 Å². The molecule has 3 aromatic rings. The molecule has 2 heterocycles. The molecule has 35 heavy (non-hydrogen) atoms. The van der Waals surface area contributed by atoms with Gasteiger partial charge >= 0.3 is 0 Å². The largest absolute Gasteiger partial charge is 0.349 e. The summed E-state index contributed by atoms with van der Waals surface area (Å²) in [5.41, 5.74) is -1.09. The van der Waals surface area contributed by atoms with Crippen LogP contribution >= 0.6 is 34.8 Å². The summed E-state index contributed by atoms with van der Waals surface area (Å²) < 4.78 is 6.22. The van der Waals surface area contributed by atoms with Gasteiger partial charge in [0.25, 0.3) is 0 Å². The van der Waals surface area contributed by atoms with Crippen molar-refractivity contribution in [3.8, 4) is 0 Å². The first-order chi connectivity index (χ1) is 16.8. The fraction of sp³-hybridized carbons (Fsp3) is 0.154. The van der Waals surface area contributed by atoms with Crippen molar-refractivity contribution < 1.29 is 23.9 Å². The molecule has 1 spiro atoms. The molecule has 6 rings (SSSR count). The number of nitrogens with zero attached hydrogens (tertiary/aromatic N) is 1. The maximum absolute atomic E-state index is 13.9. The zero-order chi connectivity index (χ0) is 24.6. The lowest BCUT2D eigenvalue weighted by atomic mass is 9.77. The molecule has 0 unspecified atom stereocenters. The van der Waals surface area contributed by atoms with Gasteiger partial charge in [-0.15, -0.1) is 0 Å². The number of Topliss-reactive ketones (excluding diaryl/α,β-unsaturated/α-hetero) is 2. The molecule has 2 aliphatic heterocycles. The summed E-state index contributed by atoms with van der Waals surface area (Å²) in [5.74, 6) is -5.00. The normalized spacial score (nSPS) is 24.4. The van der Waals surface area contributed by atoms with Crippen molar-refractivity contribution in [2.75, 3.05) is 4.90 Å². The monoisotopic (exact) mass is 525 g/mol. The summed E-state index contributed by atoms with van der Waals surface area (Å²) in [7, 11) is 0. The van der Waals surface area contributed by atoms with Crippen LogP contribution in [0.2, 0.25) is 15.1 Å². The van der Waals surface area contributed by atoms with Crippen molar-refractivity contribution in [2.45, 2.75) is 11.7 Å². The van der Waals surface area contributed by atoms with E-state index in [4.69, 9.17) is 39.5 Å². The molecule has 0 radical (unpaired) electrons. The van der Waals surface area contributed by atoms with Crippen molar-refractivity contribution in [1.82, 2.24) is 0 Å². The number of carbonyl (C=O) groups is 4. The van der Waals surface area contributed by atoms with Crippen LogP contribution in [0.25, 0.3) is 0 Å². The van der Waals surface area contributed by atoms with Crippen LogP contribution in [-0.4, -0.2) is 29.0 Å². The number of carbonyl (C=O) groups excluding carboxylic acids is 4. The third-order valence-electron chi connectivity index (χ3n) is 6.88. The highest BCUT2D eigenvalue weighted by Crippen LogP contribution is 2.57. The number of anilines is 1. The smallest absolute Gasteiger partial charge is 0.241 e. The zero-order valence-electron chi connectivity index (χ0n) is 17.7. The minimum atomic E-state index is -2.14. The van der Waals surface area contributed by atoms with E-state index in [1.54, 1.807) is 36.4 Å². The molecule has 0 aromatic heterocycles. The van der Waals surface area contributed by atoms with Crippen LogP contribution in [0.1, 0.15) is 32.4 Å². The first-order valence-electron chi connectivity index (χ1n) is 10.7. The number of imide groups is 1. The molecular weight excluding hydrogens is 513 g/mol. The predicted octanol–water partition coefficient (Wildman–Crippen LogP) is 5.34. The van der Waals surface area contributed by atoms with E-state index in [2.05, 4.69) is 0 Å². The first-order valence-corrected chi connectivity index (χ1v) is 11.8. The van der Waals surface area contributed by atoms with E-state index in [1.165, 1.54) is 30.3 Å². The average molecular weight is 527 g/mol. The summed E-state index contributed by atoms with van der Waals surface area (Å²) in [5, 5.41) is 0.873. The number of amides is 2. The Morgan fingerprint density at radius 1 is 0.743 bits per heavy atom. The van der Waals surface area contributed by atoms with Crippen molar-refractivity contribution >= 4 is 63.9 Å². The molecule has 1 aliphatic carbocycles. The maximum atomic E-state index is 13.9. The van der Waals surface area contributed by atoms with Crippen LogP contribution in [0, 0.1) is 11.8 Å². The Kier molecular flexibility index (Phi) is 4.96. The summed E-state index contributed by atoms with van der Waals surface area (Å²) in [6, 6.07) is 17.2. The van der Waals surface area contributed by atoms with Gasteiger partial charge < -0.3 is 4.74 Å². The van der Waals surface area contributed by atoms with E-state index in [9.17, 15) is 19.2 Å². The number of halogens is 3. The second-order valence-electron chi connectivity index (χ2n) is 8.64. The van der Waals surface area contributed by atoms with E-state index in [1.807, 2.05) is 0 Å². The van der Waals surface area contributed by atoms with E-state index < -0.39 is 46.9 Å². The zero-order valence-corrected chi connectivity index (χ0v) is 20.0. The number of benzene rings is 3. The van der Waals surface area contributed by atoms with Gasteiger partial charge in [-0.1, -0.05) is 71.2 Å². The molecule has 3 aromatic carbocycles. The van der Waals surface area contributed by atoms with Gasteiger partial charge in [-0.2, -0.15) is 0 Å². The van der Waals surface area contributed by atoms with Crippen molar-refractivity contribution in [3.63, 3.8) is 0 Å². The van der Waals surface area contributed by atoms with E-state index >= 15 is 0 Å². The minimum Gasteiger partial charge on any atom is -0.349 e. The number of fused-ring (bicyclic) bond motifs is 3. The van der Waals surface area contributed by atoms with Gasteiger partial charge in [0.15, 0.2) is 0 Å². The van der Waals surface area contributed by atoms with Gasteiger partial charge in [0.1, 0.15) is 0 Å². The molecule has 0 saturated carbocycles. The second kappa shape index (κ2) is 7.73. The average Bonchev–Trinajstić information content (AvgIpc) is 3.41. The van der Waals surface area contributed by atoms with E-state index in [0.717, 1.165) is 4.90 Å². The van der Waals surface area contributed by atoms with Crippen molar-refractivity contribution in [2.24, 2.45) is 11.8 Å². The molecule has 9 heteroatoms. The Bertz CT molecular complexity index is 1430. The van der Waals surface area contributed by atoms with Crippen LogP contribution in [0.3, 0.4) is 0 Å². The van der Waals surface area contributed by atoms with Gasteiger partial charge in [0, 0.05) is 16.1 Å². The van der Waals surface area contributed by atoms with Gasteiger partial charge in [-0.3, -0.25) is 19.2 Å². The summed E-state index contributed by atoms with van der Waals surface area (Å²) in [6.45, 7) is 0. The van der Waals surface area contributed by atoms with E-state index in [0.29, 0.717) is 10.6 Å². The number of hydrogen-bond donors (Lipinski definition) is 0. The van der Waals surface area contributed by atoms with Crippen LogP contribution in [0.4, 0.5) is 5.69 Å². The number of rotatable bonds is 2. The molecule has 2 fully saturated rings. The lowest BCUT2D eigenvalue weighted by Gasteiger charge is -2.27. The summed E-state index contributed by atoms with van der Waals surface area (Å²) >= 11 is 18.2. The molecule has 0 bridgehead atoms. The fourth-order valence-corrected chi connectivity index (χ4v) is 5.77.